The van der Waals surface area contributed by atoms with Gasteiger partial charge in [-0.1, -0.05) is 232 Å². The fraction of sp³-hybridized carbons (Fsp3) is 0.0847. The zero-order valence-corrected chi connectivity index (χ0v) is 34.9. The molecule has 2 aliphatic heterocycles. The van der Waals surface area contributed by atoms with E-state index >= 15 is 0 Å². The van der Waals surface area contributed by atoms with Gasteiger partial charge in [-0.25, -0.2) is 0 Å². The molecule has 61 heavy (non-hydrogen) atoms. The molecule has 0 unspecified atom stereocenters. The van der Waals surface area contributed by atoms with Crippen molar-refractivity contribution >= 4 is 40.2 Å². The number of rotatable bonds is 6. The van der Waals surface area contributed by atoms with E-state index in [9.17, 15) is 0 Å². The molecule has 0 fully saturated rings. The number of hydrogen-bond donors (Lipinski definition) is 0. The molecule has 0 saturated heterocycles. The molecule has 11 rings (SSSR count). The second kappa shape index (κ2) is 14.5. The highest BCUT2D eigenvalue weighted by molar-refractivity contribution is 6.99. The molecule has 0 amide bonds. The Hall–Kier alpha value is -7.16. The van der Waals surface area contributed by atoms with Gasteiger partial charge in [-0.2, -0.15) is 0 Å². The molecule has 0 bridgehead atoms. The van der Waals surface area contributed by atoms with Crippen LogP contribution >= 0.6 is 0 Å². The second-order valence-corrected chi connectivity index (χ2v) is 17.6. The minimum atomic E-state index is -0.611. The Morgan fingerprint density at radius 2 is 0.902 bits per heavy atom. The summed E-state index contributed by atoms with van der Waals surface area (Å²) in [7, 11) is 0. The van der Waals surface area contributed by atoms with Gasteiger partial charge in [-0.15, -0.1) is 0 Å². The summed E-state index contributed by atoms with van der Waals surface area (Å²) < 4.78 is 0. The van der Waals surface area contributed by atoms with E-state index in [0.717, 1.165) is 0 Å². The van der Waals surface area contributed by atoms with E-state index in [4.69, 9.17) is 0 Å². The number of anilines is 3. The van der Waals surface area contributed by atoms with Crippen molar-refractivity contribution in [2.45, 2.75) is 31.6 Å². The van der Waals surface area contributed by atoms with Crippen LogP contribution < -0.4 is 21.3 Å². The first-order valence-corrected chi connectivity index (χ1v) is 21.6. The minimum absolute atomic E-state index is 0.00980. The Kier molecular flexibility index (Phi) is 8.79. The van der Waals surface area contributed by atoms with E-state index in [2.05, 4.69) is 250 Å². The maximum absolute atomic E-state index is 2.62. The highest BCUT2D eigenvalue weighted by Crippen LogP contribution is 2.53. The lowest BCUT2D eigenvalue weighted by molar-refractivity contribution is 0.590. The molecule has 1 nitrogen and oxygen atoms in total. The molecule has 0 spiro atoms. The predicted molar refractivity (Wildman–Crippen MR) is 259 cm³/mol. The van der Waals surface area contributed by atoms with Crippen LogP contribution in [0.5, 0.6) is 0 Å². The highest BCUT2D eigenvalue weighted by atomic mass is 15.2. The number of hydrogen-bond acceptors (Lipinski definition) is 1. The van der Waals surface area contributed by atoms with E-state index in [1.165, 1.54) is 94.6 Å². The first kappa shape index (κ1) is 36.9. The summed E-state index contributed by atoms with van der Waals surface area (Å²) in [4.78, 5) is 2.62. The normalized spacial score (nSPS) is 13.6. The molecule has 0 atom stereocenters. The molecule has 9 aromatic carbocycles. The summed E-state index contributed by atoms with van der Waals surface area (Å²) in [6.07, 6.45) is 0. The number of nitrogens with zero attached hydrogens (tertiary/aromatic N) is 1. The predicted octanol–water partition coefficient (Wildman–Crippen LogP) is 13.0. The third kappa shape index (κ3) is 5.85. The van der Waals surface area contributed by atoms with Crippen molar-refractivity contribution in [3.8, 4) is 33.4 Å². The number of benzene rings is 9. The van der Waals surface area contributed by atoms with Crippen molar-refractivity contribution in [1.29, 1.82) is 0 Å². The van der Waals surface area contributed by atoms with Crippen molar-refractivity contribution in [2.24, 2.45) is 0 Å². The third-order valence-corrected chi connectivity index (χ3v) is 13.2. The Bertz CT molecular complexity index is 2940. The van der Waals surface area contributed by atoms with Gasteiger partial charge >= 0.3 is 0 Å². The first-order valence-electron chi connectivity index (χ1n) is 21.6. The van der Waals surface area contributed by atoms with Crippen LogP contribution in [0.3, 0.4) is 0 Å². The van der Waals surface area contributed by atoms with Gasteiger partial charge in [0.2, 0.25) is 6.71 Å². The van der Waals surface area contributed by atoms with Crippen LogP contribution in [0.1, 0.15) is 48.6 Å². The smallest absolute Gasteiger partial charge is 0.247 e. The lowest BCUT2D eigenvalue weighted by Gasteiger charge is -2.49. The third-order valence-electron chi connectivity index (χ3n) is 13.2. The van der Waals surface area contributed by atoms with Gasteiger partial charge in [0.05, 0.1) is 11.1 Å². The molecule has 0 N–H and O–H groups in total. The largest absolute Gasteiger partial charge is 0.310 e. The van der Waals surface area contributed by atoms with E-state index in [1.54, 1.807) is 0 Å². The average Bonchev–Trinajstić information content (AvgIpc) is 3.32. The minimum Gasteiger partial charge on any atom is -0.310 e. The van der Waals surface area contributed by atoms with E-state index in [1.807, 2.05) is 0 Å². The standard InChI is InChI=1S/C59H46BN/c1-58(2,3)45-37-35-41(36-38-45)44-39-51-56-55(40-44)61(57-48(42-21-8-4-9-22-42)29-20-30-49(57)43-23-10-5-11-24-43)54-34-19-18-33-53(54)60(56)52-32-17-16-31-50(52)59(51,46-25-12-6-13-26-46)47-27-14-7-15-28-47/h4-40H,1-3H3. The van der Waals surface area contributed by atoms with Gasteiger partial charge in [0.1, 0.15) is 0 Å². The summed E-state index contributed by atoms with van der Waals surface area (Å²) >= 11 is 0. The van der Waals surface area contributed by atoms with Gasteiger partial charge in [0, 0.05) is 22.5 Å². The average molecular weight is 780 g/mol. The van der Waals surface area contributed by atoms with Crippen LogP contribution in [0.15, 0.2) is 224 Å². The number of para-hydroxylation sites is 2. The Balaban J connectivity index is 1.33. The Morgan fingerprint density at radius 3 is 1.48 bits per heavy atom. The zero-order valence-electron chi connectivity index (χ0n) is 34.9. The fourth-order valence-corrected chi connectivity index (χ4v) is 10.4. The topological polar surface area (TPSA) is 3.24 Å². The Labute approximate surface area is 360 Å². The summed E-state index contributed by atoms with van der Waals surface area (Å²) in [5.41, 5.74) is 20.7. The van der Waals surface area contributed by atoms with Crippen LogP contribution in [0.4, 0.5) is 17.1 Å². The molecule has 0 radical (unpaired) electrons. The van der Waals surface area contributed by atoms with Crippen LogP contribution in [-0.4, -0.2) is 6.71 Å². The Morgan fingerprint density at radius 1 is 0.393 bits per heavy atom. The van der Waals surface area contributed by atoms with Crippen molar-refractivity contribution in [3.05, 3.63) is 252 Å². The zero-order chi connectivity index (χ0) is 41.1. The SMILES string of the molecule is CC(C)(C)c1ccc(-c2cc3c4c(c2)C(c2ccccc2)(c2ccccc2)c2ccccc2B4c2ccccc2N3c2c(-c3ccccc3)cccc2-c2ccccc2)cc1. The molecule has 290 valence electrons. The van der Waals surface area contributed by atoms with Gasteiger partial charge < -0.3 is 4.90 Å². The van der Waals surface area contributed by atoms with Gasteiger partial charge in [-0.3, -0.25) is 0 Å². The number of fused-ring (bicyclic) bond motifs is 4. The van der Waals surface area contributed by atoms with Crippen LogP contribution in [0, 0.1) is 0 Å². The highest BCUT2D eigenvalue weighted by Gasteiger charge is 2.51. The van der Waals surface area contributed by atoms with Gasteiger partial charge in [0.15, 0.2) is 0 Å². The van der Waals surface area contributed by atoms with E-state index in [-0.39, 0.29) is 12.1 Å². The van der Waals surface area contributed by atoms with Crippen molar-refractivity contribution < 1.29 is 0 Å². The second-order valence-electron chi connectivity index (χ2n) is 17.6. The fourth-order valence-electron chi connectivity index (χ4n) is 10.4. The lowest BCUT2D eigenvalue weighted by Crippen LogP contribution is -2.65. The lowest BCUT2D eigenvalue weighted by atomic mass is 9.29. The van der Waals surface area contributed by atoms with Crippen LogP contribution in [-0.2, 0) is 10.8 Å². The van der Waals surface area contributed by atoms with Crippen LogP contribution in [0.25, 0.3) is 33.4 Å². The monoisotopic (exact) mass is 779 g/mol. The summed E-state index contributed by atoms with van der Waals surface area (Å²) in [5, 5.41) is 0. The quantitative estimate of drug-likeness (QED) is 0.152. The molecule has 0 aliphatic carbocycles. The maximum atomic E-state index is 2.62. The molecular formula is C59H46BN. The van der Waals surface area contributed by atoms with Crippen molar-refractivity contribution in [3.63, 3.8) is 0 Å². The van der Waals surface area contributed by atoms with Crippen molar-refractivity contribution in [2.75, 3.05) is 4.90 Å². The summed E-state index contributed by atoms with van der Waals surface area (Å²) in [6, 6.07) is 84.0. The summed E-state index contributed by atoms with van der Waals surface area (Å²) in [6.45, 7) is 6.89. The molecule has 2 heteroatoms. The molecule has 9 aromatic rings. The molecule has 2 aliphatic rings. The molecule has 0 saturated carbocycles. The molecule has 2 heterocycles. The molecule has 0 aromatic heterocycles. The van der Waals surface area contributed by atoms with Crippen LogP contribution in [0.2, 0.25) is 0 Å². The summed E-state index contributed by atoms with van der Waals surface area (Å²) in [5.74, 6) is 0. The maximum Gasteiger partial charge on any atom is 0.247 e. The molecular weight excluding hydrogens is 733 g/mol. The van der Waals surface area contributed by atoms with E-state index in [0.29, 0.717) is 0 Å². The van der Waals surface area contributed by atoms with Crippen molar-refractivity contribution in [1.82, 2.24) is 0 Å². The van der Waals surface area contributed by atoms with E-state index < -0.39 is 5.41 Å². The van der Waals surface area contributed by atoms with Gasteiger partial charge in [0.25, 0.3) is 0 Å². The first-order chi connectivity index (χ1) is 29.9. The van der Waals surface area contributed by atoms with Gasteiger partial charge in [-0.05, 0) is 84.6 Å².